The van der Waals surface area contributed by atoms with Crippen molar-refractivity contribution < 1.29 is 0 Å². The van der Waals surface area contributed by atoms with E-state index in [0.29, 0.717) is 0 Å². The lowest BCUT2D eigenvalue weighted by Gasteiger charge is -2.12. The fraction of sp³-hybridized carbons (Fsp3) is 0.0333. The first-order valence-corrected chi connectivity index (χ1v) is 22.0. The minimum absolute atomic E-state index is 1.06. The van der Waals surface area contributed by atoms with Crippen molar-refractivity contribution >= 4 is 71.0 Å². The summed E-state index contributed by atoms with van der Waals surface area (Å²) in [4.78, 5) is 0. The number of aromatic nitrogens is 3. The van der Waals surface area contributed by atoms with E-state index >= 15 is 0 Å². The fourth-order valence-electron chi connectivity index (χ4n) is 10.4. The minimum Gasteiger partial charge on any atom is -0.309 e. The average molecular weight is 804 g/mol. The van der Waals surface area contributed by atoms with Crippen LogP contribution in [0.1, 0.15) is 18.4 Å². The van der Waals surface area contributed by atoms with Gasteiger partial charge in [0.2, 0.25) is 0 Å². The predicted molar refractivity (Wildman–Crippen MR) is 267 cm³/mol. The molecule has 0 saturated carbocycles. The first-order chi connectivity index (χ1) is 31.3. The molecule has 0 unspecified atom stereocenters. The van der Waals surface area contributed by atoms with Crippen LogP contribution in [0.5, 0.6) is 0 Å². The van der Waals surface area contributed by atoms with Crippen molar-refractivity contribution in [2.45, 2.75) is 12.8 Å². The molecule has 0 atom stereocenters. The van der Waals surface area contributed by atoms with Gasteiger partial charge in [-0.1, -0.05) is 152 Å². The molecule has 0 N–H and O–H groups in total. The predicted octanol–water partition coefficient (Wildman–Crippen LogP) is 16.0. The lowest BCUT2D eigenvalue weighted by Crippen LogP contribution is -1.96. The molecule has 0 amide bonds. The van der Waals surface area contributed by atoms with Gasteiger partial charge in [0.15, 0.2) is 0 Å². The van der Waals surface area contributed by atoms with Gasteiger partial charge in [0.05, 0.1) is 33.1 Å². The second-order valence-corrected chi connectivity index (χ2v) is 16.8. The van der Waals surface area contributed by atoms with E-state index in [4.69, 9.17) is 0 Å². The van der Waals surface area contributed by atoms with Crippen molar-refractivity contribution in [2.75, 3.05) is 0 Å². The average Bonchev–Trinajstić information content (AvgIpc) is 4.00. The molecule has 0 bridgehead atoms. The molecule has 3 aromatic heterocycles. The maximum atomic E-state index is 2.58. The van der Waals surface area contributed by atoms with Gasteiger partial charge in [0.25, 0.3) is 0 Å². The first-order valence-electron chi connectivity index (χ1n) is 22.0. The summed E-state index contributed by atoms with van der Waals surface area (Å²) in [5.74, 6) is 0. The quantitative estimate of drug-likeness (QED) is 0.159. The Balaban J connectivity index is 1.21. The lowest BCUT2D eigenvalue weighted by atomic mass is 9.97. The molecule has 0 radical (unpaired) electrons. The molecule has 9 aromatic carbocycles. The molecular weight excluding hydrogens is 763 g/mol. The van der Waals surface area contributed by atoms with Crippen LogP contribution in [0.25, 0.3) is 110 Å². The number of fused-ring (bicyclic) bond motifs is 11. The third kappa shape index (κ3) is 5.53. The summed E-state index contributed by atoms with van der Waals surface area (Å²) in [5, 5.41) is 7.45. The van der Waals surface area contributed by atoms with Gasteiger partial charge in [-0.15, -0.1) is 0 Å². The number of para-hydroxylation sites is 2. The third-order valence-corrected chi connectivity index (χ3v) is 13.2. The highest BCUT2D eigenvalue weighted by Gasteiger charge is 2.25. The first kappa shape index (κ1) is 35.6. The molecule has 63 heavy (non-hydrogen) atoms. The number of hydrogen-bond acceptors (Lipinski definition) is 0. The molecule has 1 aliphatic carbocycles. The Morgan fingerprint density at radius 3 is 1.33 bits per heavy atom. The number of benzene rings is 9. The molecule has 0 aliphatic heterocycles. The Kier molecular flexibility index (Phi) is 8.04. The van der Waals surface area contributed by atoms with E-state index in [2.05, 4.69) is 238 Å². The Hall–Kier alpha value is -8.14. The molecular formula is C60H41N3. The van der Waals surface area contributed by atoms with Crippen molar-refractivity contribution in [1.29, 1.82) is 0 Å². The second-order valence-electron chi connectivity index (χ2n) is 16.8. The largest absolute Gasteiger partial charge is 0.309 e. The van der Waals surface area contributed by atoms with Crippen LogP contribution in [0.4, 0.5) is 0 Å². The van der Waals surface area contributed by atoms with Crippen molar-refractivity contribution in [1.82, 2.24) is 13.7 Å². The Labute approximate surface area is 365 Å². The van der Waals surface area contributed by atoms with Crippen LogP contribution in [-0.2, 0) is 0 Å². The van der Waals surface area contributed by atoms with E-state index in [1.165, 1.54) is 98.8 Å². The SMILES string of the molecule is C1=CC(c2ccc3c(c2)c2c(ccc4c5ccc6c(c7cc(-c8ccccc8)ccc7n6-c6cccc(-c7ccccc7)c6)c5n(-c5ccccc5)c42)n3-c2ccccc2)=CCC1. The van der Waals surface area contributed by atoms with E-state index in [9.17, 15) is 0 Å². The highest BCUT2D eigenvalue weighted by Crippen LogP contribution is 2.47. The van der Waals surface area contributed by atoms with Crippen LogP contribution in [-0.4, -0.2) is 13.7 Å². The second kappa shape index (κ2) is 14.2. The van der Waals surface area contributed by atoms with Crippen LogP contribution >= 0.6 is 0 Å². The molecule has 3 heterocycles. The van der Waals surface area contributed by atoms with E-state index in [0.717, 1.165) is 29.9 Å². The van der Waals surface area contributed by atoms with Crippen molar-refractivity contribution in [2.24, 2.45) is 0 Å². The minimum atomic E-state index is 1.06. The van der Waals surface area contributed by atoms with E-state index in [1.807, 2.05) is 0 Å². The van der Waals surface area contributed by atoms with Gasteiger partial charge < -0.3 is 13.7 Å². The number of allylic oxidation sites excluding steroid dienone is 4. The van der Waals surface area contributed by atoms with Crippen LogP contribution in [0.15, 0.2) is 224 Å². The highest BCUT2D eigenvalue weighted by molar-refractivity contribution is 6.32. The maximum absolute atomic E-state index is 2.58. The maximum Gasteiger partial charge on any atom is 0.0641 e. The molecule has 0 spiro atoms. The van der Waals surface area contributed by atoms with Gasteiger partial charge in [-0.2, -0.15) is 0 Å². The molecule has 0 saturated heterocycles. The zero-order chi connectivity index (χ0) is 41.4. The number of nitrogens with zero attached hydrogens (tertiary/aromatic N) is 3. The van der Waals surface area contributed by atoms with Crippen molar-refractivity contribution in [3.63, 3.8) is 0 Å². The van der Waals surface area contributed by atoms with E-state index in [1.54, 1.807) is 0 Å². The monoisotopic (exact) mass is 803 g/mol. The van der Waals surface area contributed by atoms with Gasteiger partial charge in [-0.3, -0.25) is 0 Å². The van der Waals surface area contributed by atoms with Crippen molar-refractivity contribution in [3.05, 3.63) is 230 Å². The molecule has 3 heteroatoms. The normalized spacial score (nSPS) is 13.0. The highest BCUT2D eigenvalue weighted by atomic mass is 15.0. The standard InChI is InChI=1S/C60H41N3/c1-6-17-40(18-7-1)43-23-16-28-48(37-43)62-54-34-30-45(42-21-10-3-11-22-42)39-52(54)58-56(62)36-32-50-49-31-35-55-57(59(49)63(60(50)58)47-26-14-5-15-27-47)51-38-44(41-19-8-2-9-20-41)29-33-53(51)61(55)46-24-12-4-13-25-46/h1,3-8,10-39H,2,9H2. The third-order valence-electron chi connectivity index (χ3n) is 13.2. The lowest BCUT2D eigenvalue weighted by molar-refractivity contribution is 1.04. The van der Waals surface area contributed by atoms with E-state index in [-0.39, 0.29) is 0 Å². The van der Waals surface area contributed by atoms with Gasteiger partial charge in [0, 0.05) is 49.4 Å². The fourth-order valence-corrected chi connectivity index (χ4v) is 10.4. The van der Waals surface area contributed by atoms with Gasteiger partial charge >= 0.3 is 0 Å². The van der Waals surface area contributed by atoms with Crippen LogP contribution in [0.3, 0.4) is 0 Å². The van der Waals surface area contributed by atoms with E-state index < -0.39 is 0 Å². The summed E-state index contributed by atoms with van der Waals surface area (Å²) < 4.78 is 7.52. The zero-order valence-corrected chi connectivity index (χ0v) is 34.6. The van der Waals surface area contributed by atoms with Crippen LogP contribution < -0.4 is 0 Å². The van der Waals surface area contributed by atoms with Crippen LogP contribution in [0.2, 0.25) is 0 Å². The van der Waals surface area contributed by atoms with Gasteiger partial charge in [-0.05, 0) is 119 Å². The van der Waals surface area contributed by atoms with Crippen LogP contribution in [0, 0.1) is 0 Å². The Morgan fingerprint density at radius 1 is 0.302 bits per heavy atom. The number of rotatable bonds is 6. The Bertz CT molecular complexity index is 3810. The molecule has 3 nitrogen and oxygen atoms in total. The molecule has 0 fully saturated rings. The smallest absolute Gasteiger partial charge is 0.0641 e. The summed E-state index contributed by atoms with van der Waals surface area (Å²) in [6.45, 7) is 0. The molecule has 1 aliphatic rings. The number of hydrogen-bond donors (Lipinski definition) is 0. The summed E-state index contributed by atoms with van der Waals surface area (Å²) in [6, 6.07) is 75.9. The molecule has 13 rings (SSSR count). The topological polar surface area (TPSA) is 14.8 Å². The summed E-state index contributed by atoms with van der Waals surface area (Å²) in [6.07, 6.45) is 9.14. The van der Waals surface area contributed by atoms with Gasteiger partial charge in [-0.25, -0.2) is 0 Å². The van der Waals surface area contributed by atoms with Crippen molar-refractivity contribution in [3.8, 4) is 39.3 Å². The summed E-state index contributed by atoms with van der Waals surface area (Å²) >= 11 is 0. The van der Waals surface area contributed by atoms with Gasteiger partial charge in [0.1, 0.15) is 0 Å². The molecule has 296 valence electrons. The summed E-state index contributed by atoms with van der Waals surface area (Å²) in [7, 11) is 0. The molecule has 12 aromatic rings. The zero-order valence-electron chi connectivity index (χ0n) is 34.6. The summed E-state index contributed by atoms with van der Waals surface area (Å²) in [5.41, 5.74) is 17.9. The Morgan fingerprint density at radius 2 is 0.762 bits per heavy atom.